The largest absolute Gasteiger partial charge is 0.448 e. The van der Waals surface area contributed by atoms with E-state index in [0.717, 1.165) is 5.39 Å². The second-order valence-corrected chi connectivity index (χ2v) is 9.05. The highest BCUT2D eigenvalue weighted by atomic mass is 32.2. The number of amides is 1. The SMILES string of the molecule is CCN(CC)S(=O)(=O)c1ccc(NC(=O)Cn2cnc3c(oc4ccccc43)c2=O)cc1. The number of nitrogens with one attached hydrogen (secondary N) is 1. The lowest BCUT2D eigenvalue weighted by Crippen LogP contribution is -2.30. The fraction of sp³-hybridized carbons (Fsp3) is 0.227. The molecule has 0 saturated carbocycles. The molecule has 9 nitrogen and oxygen atoms in total. The Kier molecular flexibility index (Phi) is 5.81. The van der Waals surface area contributed by atoms with E-state index >= 15 is 0 Å². The summed E-state index contributed by atoms with van der Waals surface area (Å²) in [5.41, 5.74) is 1.05. The van der Waals surface area contributed by atoms with Gasteiger partial charge in [0, 0.05) is 24.2 Å². The molecule has 0 radical (unpaired) electrons. The first kappa shape index (κ1) is 21.7. The van der Waals surface area contributed by atoms with Crippen LogP contribution in [-0.4, -0.2) is 41.3 Å². The van der Waals surface area contributed by atoms with Crippen LogP contribution in [0.5, 0.6) is 0 Å². The third-order valence-electron chi connectivity index (χ3n) is 5.15. The quantitative estimate of drug-likeness (QED) is 0.459. The molecule has 2 aromatic heterocycles. The van der Waals surface area contributed by atoms with E-state index in [1.54, 1.807) is 26.0 Å². The smallest absolute Gasteiger partial charge is 0.297 e. The van der Waals surface area contributed by atoms with Crippen molar-refractivity contribution in [1.29, 1.82) is 0 Å². The van der Waals surface area contributed by atoms with E-state index in [2.05, 4.69) is 10.3 Å². The molecule has 2 aromatic carbocycles. The van der Waals surface area contributed by atoms with Crippen molar-refractivity contribution in [3.63, 3.8) is 0 Å². The molecule has 166 valence electrons. The number of rotatable bonds is 7. The molecule has 0 spiro atoms. The fourth-order valence-electron chi connectivity index (χ4n) is 3.51. The summed E-state index contributed by atoms with van der Waals surface area (Å²) >= 11 is 0. The molecule has 0 aliphatic heterocycles. The lowest BCUT2D eigenvalue weighted by molar-refractivity contribution is -0.116. The summed E-state index contributed by atoms with van der Waals surface area (Å²) in [6.07, 6.45) is 1.31. The zero-order chi connectivity index (χ0) is 22.9. The lowest BCUT2D eigenvalue weighted by Gasteiger charge is -2.18. The number of para-hydroxylation sites is 1. The van der Waals surface area contributed by atoms with Crippen LogP contribution in [-0.2, 0) is 21.4 Å². The molecule has 32 heavy (non-hydrogen) atoms. The highest BCUT2D eigenvalue weighted by molar-refractivity contribution is 7.89. The number of sulfonamides is 1. The van der Waals surface area contributed by atoms with Crippen molar-refractivity contribution < 1.29 is 17.6 Å². The van der Waals surface area contributed by atoms with Gasteiger partial charge in [-0.2, -0.15) is 4.31 Å². The number of aromatic nitrogens is 2. The van der Waals surface area contributed by atoms with Crippen molar-refractivity contribution >= 4 is 43.7 Å². The van der Waals surface area contributed by atoms with Gasteiger partial charge in [-0.1, -0.05) is 26.0 Å². The van der Waals surface area contributed by atoms with Crippen molar-refractivity contribution in [1.82, 2.24) is 13.9 Å². The predicted octanol–water partition coefficient (Wildman–Crippen LogP) is 2.81. The first-order valence-electron chi connectivity index (χ1n) is 10.1. The molecule has 0 aliphatic rings. The third kappa shape index (κ3) is 3.90. The Bertz CT molecular complexity index is 1450. The Labute approximate surface area is 184 Å². The molecule has 10 heteroatoms. The second kappa shape index (κ2) is 8.56. The standard InChI is InChI=1S/C22H22N4O5S/c1-3-26(4-2)32(29,30)16-11-9-15(10-12-16)24-19(27)13-25-14-23-20-17-7-5-6-8-18(17)31-21(20)22(25)28/h5-12,14H,3-4,13H2,1-2H3,(H,24,27). The summed E-state index contributed by atoms with van der Waals surface area (Å²) in [5, 5.41) is 3.40. The molecule has 4 aromatic rings. The maximum absolute atomic E-state index is 12.7. The minimum Gasteiger partial charge on any atom is -0.448 e. The summed E-state index contributed by atoms with van der Waals surface area (Å²) in [5.74, 6) is -0.455. The topological polar surface area (TPSA) is 115 Å². The minimum atomic E-state index is -3.58. The van der Waals surface area contributed by atoms with Gasteiger partial charge in [0.1, 0.15) is 17.6 Å². The van der Waals surface area contributed by atoms with Gasteiger partial charge in [-0.05, 0) is 36.4 Å². The van der Waals surface area contributed by atoms with Crippen molar-refractivity contribution in [3.8, 4) is 0 Å². The van der Waals surface area contributed by atoms with Gasteiger partial charge in [-0.25, -0.2) is 13.4 Å². The molecule has 1 N–H and O–H groups in total. The van der Waals surface area contributed by atoms with Crippen LogP contribution in [0.15, 0.2) is 69.0 Å². The van der Waals surface area contributed by atoms with Crippen LogP contribution >= 0.6 is 0 Å². The Morgan fingerprint density at radius 1 is 1.09 bits per heavy atom. The van der Waals surface area contributed by atoms with Crippen LogP contribution in [0.1, 0.15) is 13.8 Å². The number of carbonyl (C=O) groups is 1. The molecule has 0 aliphatic carbocycles. The summed E-state index contributed by atoms with van der Waals surface area (Å²) in [4.78, 5) is 29.6. The van der Waals surface area contributed by atoms with E-state index in [4.69, 9.17) is 4.42 Å². The Morgan fingerprint density at radius 3 is 2.47 bits per heavy atom. The fourth-order valence-corrected chi connectivity index (χ4v) is 4.96. The number of anilines is 1. The molecule has 0 unspecified atom stereocenters. The van der Waals surface area contributed by atoms with Crippen molar-refractivity contribution in [2.75, 3.05) is 18.4 Å². The first-order valence-corrected chi connectivity index (χ1v) is 11.6. The van der Waals surface area contributed by atoms with Crippen LogP contribution in [0.3, 0.4) is 0 Å². The summed E-state index contributed by atoms with van der Waals surface area (Å²) in [7, 11) is -3.58. The highest BCUT2D eigenvalue weighted by Crippen LogP contribution is 2.24. The Morgan fingerprint density at radius 2 is 1.78 bits per heavy atom. The number of benzene rings is 2. The Hall–Kier alpha value is -3.50. The number of fused-ring (bicyclic) bond motifs is 3. The number of furan rings is 1. The number of hydrogen-bond acceptors (Lipinski definition) is 6. The maximum Gasteiger partial charge on any atom is 0.297 e. The van der Waals surface area contributed by atoms with Crippen molar-refractivity contribution in [2.45, 2.75) is 25.3 Å². The summed E-state index contributed by atoms with van der Waals surface area (Å²) < 4.78 is 33.3. The maximum atomic E-state index is 12.7. The normalized spacial score (nSPS) is 12.0. The molecular formula is C22H22N4O5S. The summed E-state index contributed by atoms with van der Waals surface area (Å²) in [6.45, 7) is 4.02. The zero-order valence-corrected chi connectivity index (χ0v) is 18.4. The van der Waals surface area contributed by atoms with Gasteiger partial charge in [0.2, 0.25) is 21.5 Å². The highest BCUT2D eigenvalue weighted by Gasteiger charge is 2.21. The Balaban J connectivity index is 1.51. The van der Waals surface area contributed by atoms with E-state index in [0.29, 0.717) is 29.9 Å². The number of carbonyl (C=O) groups excluding carboxylic acids is 1. The number of hydrogen-bond donors (Lipinski definition) is 1. The molecule has 0 fully saturated rings. The van der Waals surface area contributed by atoms with E-state index in [-0.39, 0.29) is 17.0 Å². The molecule has 2 heterocycles. The first-order chi connectivity index (χ1) is 15.3. The van der Waals surface area contributed by atoms with Gasteiger partial charge >= 0.3 is 0 Å². The monoisotopic (exact) mass is 454 g/mol. The van der Waals surface area contributed by atoms with Crippen LogP contribution in [0.2, 0.25) is 0 Å². The predicted molar refractivity (Wildman–Crippen MR) is 121 cm³/mol. The average molecular weight is 455 g/mol. The molecular weight excluding hydrogens is 432 g/mol. The summed E-state index contributed by atoms with van der Waals surface area (Å²) in [6, 6.07) is 13.1. The number of nitrogens with zero attached hydrogens (tertiary/aromatic N) is 3. The zero-order valence-electron chi connectivity index (χ0n) is 17.6. The van der Waals surface area contributed by atoms with E-state index in [9.17, 15) is 18.0 Å². The molecule has 1 amide bonds. The van der Waals surface area contributed by atoms with Crippen LogP contribution in [0.4, 0.5) is 5.69 Å². The van der Waals surface area contributed by atoms with Gasteiger partial charge in [0.05, 0.1) is 11.2 Å². The van der Waals surface area contributed by atoms with Gasteiger partial charge < -0.3 is 9.73 Å². The van der Waals surface area contributed by atoms with E-state index in [1.165, 1.54) is 39.5 Å². The molecule has 0 saturated heterocycles. The van der Waals surface area contributed by atoms with Crippen LogP contribution in [0, 0.1) is 0 Å². The third-order valence-corrected chi connectivity index (χ3v) is 7.21. The van der Waals surface area contributed by atoms with Gasteiger partial charge in [-0.15, -0.1) is 0 Å². The van der Waals surface area contributed by atoms with Crippen molar-refractivity contribution in [2.24, 2.45) is 0 Å². The molecule has 0 atom stereocenters. The van der Waals surface area contributed by atoms with Crippen LogP contribution in [0.25, 0.3) is 22.1 Å². The molecule has 0 bridgehead atoms. The van der Waals surface area contributed by atoms with Gasteiger partial charge in [0.25, 0.3) is 5.56 Å². The van der Waals surface area contributed by atoms with Crippen molar-refractivity contribution in [3.05, 3.63) is 65.2 Å². The van der Waals surface area contributed by atoms with Gasteiger partial charge in [-0.3, -0.25) is 14.2 Å². The van der Waals surface area contributed by atoms with E-state index in [1.807, 2.05) is 12.1 Å². The van der Waals surface area contributed by atoms with Gasteiger partial charge in [0.15, 0.2) is 0 Å². The average Bonchev–Trinajstić information content (AvgIpc) is 3.16. The minimum absolute atomic E-state index is 0.0902. The van der Waals surface area contributed by atoms with Crippen LogP contribution < -0.4 is 10.9 Å². The second-order valence-electron chi connectivity index (χ2n) is 7.12. The molecule has 4 rings (SSSR count). The lowest BCUT2D eigenvalue weighted by atomic mass is 10.2. The van der Waals surface area contributed by atoms with E-state index < -0.39 is 21.5 Å².